The Balaban J connectivity index is 1.71. The molecule has 0 aliphatic heterocycles. The van der Waals surface area contributed by atoms with Gasteiger partial charge in [0, 0.05) is 18.3 Å². The van der Waals surface area contributed by atoms with E-state index in [9.17, 15) is 19.8 Å². The van der Waals surface area contributed by atoms with E-state index in [0.717, 1.165) is 25.7 Å². The Labute approximate surface area is 150 Å². The van der Waals surface area contributed by atoms with Gasteiger partial charge in [0.25, 0.3) is 0 Å². The highest BCUT2D eigenvalue weighted by Crippen LogP contribution is 2.68. The Kier molecular flexibility index (Phi) is 3.81. The maximum atomic E-state index is 12.3. The van der Waals surface area contributed by atoms with E-state index in [1.54, 1.807) is 0 Å². The van der Waals surface area contributed by atoms with Gasteiger partial charge in [0.15, 0.2) is 5.78 Å². The second-order valence-electron chi connectivity index (χ2n) is 9.96. The summed E-state index contributed by atoms with van der Waals surface area (Å²) in [6.45, 7) is 5.82. The lowest BCUT2D eigenvalue weighted by molar-refractivity contribution is -0.197. The number of hydrogen-bond acceptors (Lipinski definition) is 4. The molecule has 8 atom stereocenters. The van der Waals surface area contributed by atoms with Crippen LogP contribution < -0.4 is 0 Å². The number of fused-ring (bicyclic) bond motifs is 5. The molecule has 0 amide bonds. The lowest BCUT2D eigenvalue weighted by Gasteiger charge is -2.62. The molecule has 4 aliphatic carbocycles. The van der Waals surface area contributed by atoms with Gasteiger partial charge in [-0.25, -0.2) is 0 Å². The normalized spacial score (nSPS) is 55.2. The van der Waals surface area contributed by atoms with Crippen LogP contribution in [0.4, 0.5) is 0 Å². The van der Waals surface area contributed by atoms with Gasteiger partial charge in [0.2, 0.25) is 0 Å². The molecule has 4 rings (SSSR count). The Morgan fingerprint density at radius 3 is 2.56 bits per heavy atom. The molecule has 0 bridgehead atoms. The molecule has 4 saturated carbocycles. The SMILES string of the molecule is CC(=O)[C@]1(O)CC[C@H]2[C@@H]3CC[C@H]4CC(=O)CC[C@]4(C)[C@H]3[C@@H](O)C[C@@]21C. The van der Waals surface area contributed by atoms with Crippen molar-refractivity contribution in [1.82, 2.24) is 0 Å². The van der Waals surface area contributed by atoms with Gasteiger partial charge >= 0.3 is 0 Å². The smallest absolute Gasteiger partial charge is 0.161 e. The highest BCUT2D eigenvalue weighted by molar-refractivity contribution is 5.86. The number of aliphatic hydroxyl groups is 2. The van der Waals surface area contributed by atoms with Crippen LogP contribution in [0, 0.1) is 34.5 Å². The lowest BCUT2D eigenvalue weighted by atomic mass is 9.43. The predicted octanol–water partition coefficient (Wildman–Crippen LogP) is 2.89. The van der Waals surface area contributed by atoms with Crippen molar-refractivity contribution in [2.24, 2.45) is 34.5 Å². The molecule has 0 unspecified atom stereocenters. The van der Waals surface area contributed by atoms with Crippen molar-refractivity contribution in [3.05, 3.63) is 0 Å². The summed E-state index contributed by atoms with van der Waals surface area (Å²) in [4.78, 5) is 24.2. The first-order chi connectivity index (χ1) is 11.6. The van der Waals surface area contributed by atoms with E-state index in [1.165, 1.54) is 6.92 Å². The van der Waals surface area contributed by atoms with Crippen molar-refractivity contribution < 1.29 is 19.8 Å². The molecule has 4 heteroatoms. The molecule has 0 radical (unpaired) electrons. The van der Waals surface area contributed by atoms with Gasteiger partial charge in [0.1, 0.15) is 11.4 Å². The third-order valence-electron chi connectivity index (χ3n) is 9.15. The first kappa shape index (κ1) is 17.7. The minimum atomic E-state index is -1.29. The summed E-state index contributed by atoms with van der Waals surface area (Å²) in [6.07, 6.45) is 5.67. The Morgan fingerprint density at radius 2 is 1.88 bits per heavy atom. The van der Waals surface area contributed by atoms with Crippen LogP contribution in [0.3, 0.4) is 0 Å². The van der Waals surface area contributed by atoms with E-state index in [2.05, 4.69) is 6.92 Å². The second kappa shape index (κ2) is 5.39. The molecule has 4 aliphatic rings. The van der Waals surface area contributed by atoms with E-state index in [1.807, 2.05) is 6.92 Å². The zero-order valence-electron chi connectivity index (χ0n) is 15.8. The standard InChI is InChI=1S/C21H32O4/c1-12(22)21(25)9-7-16-15-5-4-13-10-14(23)6-8-19(13,2)18(15)17(24)11-20(16,21)3/h13,15-18,24-25H,4-11H2,1-3H3/t13-,15-,16-,17-,18+,19-,20-,21+/m0/s1. The summed E-state index contributed by atoms with van der Waals surface area (Å²) < 4.78 is 0. The molecule has 0 spiro atoms. The maximum Gasteiger partial charge on any atom is 0.161 e. The van der Waals surface area contributed by atoms with Crippen LogP contribution >= 0.6 is 0 Å². The Morgan fingerprint density at radius 1 is 1.16 bits per heavy atom. The number of aliphatic hydroxyl groups excluding tert-OH is 1. The summed E-state index contributed by atoms with van der Waals surface area (Å²) in [6, 6.07) is 0. The van der Waals surface area contributed by atoms with E-state index < -0.39 is 17.1 Å². The number of carbonyl (C=O) groups excluding carboxylic acids is 2. The van der Waals surface area contributed by atoms with E-state index in [-0.39, 0.29) is 17.1 Å². The van der Waals surface area contributed by atoms with Crippen molar-refractivity contribution >= 4 is 11.6 Å². The number of hydrogen-bond donors (Lipinski definition) is 2. The highest BCUT2D eigenvalue weighted by atomic mass is 16.3. The van der Waals surface area contributed by atoms with Gasteiger partial charge in [-0.2, -0.15) is 0 Å². The topological polar surface area (TPSA) is 74.6 Å². The van der Waals surface area contributed by atoms with E-state index >= 15 is 0 Å². The average Bonchev–Trinajstić information content (AvgIpc) is 2.80. The number of Topliss-reactive ketones (excluding diaryl/α,β-unsaturated/α-hetero) is 2. The Hall–Kier alpha value is -0.740. The zero-order chi connectivity index (χ0) is 18.2. The van der Waals surface area contributed by atoms with Crippen LogP contribution in [-0.2, 0) is 9.59 Å². The summed E-state index contributed by atoms with van der Waals surface area (Å²) in [5.41, 5.74) is -1.79. The summed E-state index contributed by atoms with van der Waals surface area (Å²) >= 11 is 0. The first-order valence-corrected chi connectivity index (χ1v) is 10.1. The molecule has 0 saturated heterocycles. The lowest BCUT2D eigenvalue weighted by Crippen LogP contribution is -2.62. The minimum absolute atomic E-state index is 0.0223. The predicted molar refractivity (Wildman–Crippen MR) is 93.8 cm³/mol. The van der Waals surface area contributed by atoms with Gasteiger partial charge in [-0.05, 0) is 74.5 Å². The third-order valence-corrected chi connectivity index (χ3v) is 9.15. The molecule has 2 N–H and O–H groups in total. The number of carbonyl (C=O) groups is 2. The van der Waals surface area contributed by atoms with Gasteiger partial charge < -0.3 is 10.2 Å². The van der Waals surface area contributed by atoms with Crippen LogP contribution in [-0.4, -0.2) is 33.5 Å². The molecule has 0 aromatic rings. The molecule has 25 heavy (non-hydrogen) atoms. The van der Waals surface area contributed by atoms with E-state index in [4.69, 9.17) is 0 Å². The van der Waals surface area contributed by atoms with Gasteiger partial charge in [-0.15, -0.1) is 0 Å². The van der Waals surface area contributed by atoms with Crippen molar-refractivity contribution in [3.63, 3.8) is 0 Å². The van der Waals surface area contributed by atoms with Crippen LogP contribution in [0.1, 0.15) is 72.1 Å². The molecule has 4 nitrogen and oxygen atoms in total. The number of ketones is 2. The molecule has 4 fully saturated rings. The fraction of sp³-hybridized carbons (Fsp3) is 0.905. The second-order valence-corrected chi connectivity index (χ2v) is 9.96. The minimum Gasteiger partial charge on any atom is -0.393 e. The van der Waals surface area contributed by atoms with Crippen molar-refractivity contribution in [1.29, 1.82) is 0 Å². The van der Waals surface area contributed by atoms with Crippen LogP contribution in [0.15, 0.2) is 0 Å². The summed E-state index contributed by atoms with van der Waals surface area (Å²) in [7, 11) is 0. The van der Waals surface area contributed by atoms with Gasteiger partial charge in [-0.1, -0.05) is 13.8 Å². The van der Waals surface area contributed by atoms with Crippen LogP contribution in [0.2, 0.25) is 0 Å². The molecule has 0 heterocycles. The summed E-state index contributed by atoms with van der Waals surface area (Å²) in [5.74, 6) is 1.48. The molecular formula is C21H32O4. The quantitative estimate of drug-likeness (QED) is 0.764. The Bertz CT molecular complexity index is 615. The zero-order valence-corrected chi connectivity index (χ0v) is 15.8. The van der Waals surface area contributed by atoms with E-state index in [0.29, 0.717) is 49.2 Å². The molecule has 0 aromatic heterocycles. The average molecular weight is 348 g/mol. The summed E-state index contributed by atoms with van der Waals surface area (Å²) in [5, 5.41) is 22.4. The molecule has 0 aromatic carbocycles. The first-order valence-electron chi connectivity index (χ1n) is 10.1. The van der Waals surface area contributed by atoms with Gasteiger partial charge in [-0.3, -0.25) is 9.59 Å². The fourth-order valence-electron chi connectivity index (χ4n) is 7.75. The van der Waals surface area contributed by atoms with Gasteiger partial charge in [0.05, 0.1) is 6.10 Å². The van der Waals surface area contributed by atoms with Crippen LogP contribution in [0.25, 0.3) is 0 Å². The van der Waals surface area contributed by atoms with Crippen molar-refractivity contribution in [2.45, 2.75) is 83.8 Å². The monoisotopic (exact) mass is 348 g/mol. The fourth-order valence-corrected chi connectivity index (χ4v) is 7.75. The van der Waals surface area contributed by atoms with Crippen LogP contribution in [0.5, 0.6) is 0 Å². The molecular weight excluding hydrogens is 316 g/mol. The highest BCUT2D eigenvalue weighted by Gasteiger charge is 2.68. The largest absolute Gasteiger partial charge is 0.393 e. The number of rotatable bonds is 1. The van der Waals surface area contributed by atoms with Crippen molar-refractivity contribution in [2.75, 3.05) is 0 Å². The maximum absolute atomic E-state index is 12.3. The third kappa shape index (κ3) is 2.13. The van der Waals surface area contributed by atoms with Crippen molar-refractivity contribution in [3.8, 4) is 0 Å². The molecule has 140 valence electrons.